The van der Waals surface area contributed by atoms with E-state index in [0.717, 1.165) is 39.0 Å². The molecule has 0 radical (unpaired) electrons. The summed E-state index contributed by atoms with van der Waals surface area (Å²) in [6, 6.07) is 0.803. The van der Waals surface area contributed by atoms with Crippen LogP contribution in [0.4, 0.5) is 4.79 Å². The number of carbonyl (C=O) groups is 1. The molecule has 92 valence electrons. The minimum atomic E-state index is -0.0133. The molecule has 2 aliphatic rings. The Bertz CT molecular complexity index is 222. The zero-order valence-corrected chi connectivity index (χ0v) is 9.72. The highest BCUT2D eigenvalue weighted by Gasteiger charge is 2.17. The van der Waals surface area contributed by atoms with Gasteiger partial charge < -0.3 is 21.3 Å². The Balaban J connectivity index is 1.59. The lowest BCUT2D eigenvalue weighted by molar-refractivity contribution is 0.232. The summed E-state index contributed by atoms with van der Waals surface area (Å²) < 4.78 is 0. The molecular weight excluding hydrogens is 204 g/mol. The number of urea groups is 1. The van der Waals surface area contributed by atoms with Crippen molar-refractivity contribution in [2.45, 2.75) is 37.8 Å². The minimum absolute atomic E-state index is 0.0133. The fourth-order valence-electron chi connectivity index (χ4n) is 2.35. The molecule has 2 saturated heterocycles. The molecule has 0 aromatic heterocycles. The van der Waals surface area contributed by atoms with Gasteiger partial charge in [-0.05, 0) is 45.3 Å². The molecule has 2 aliphatic heterocycles. The largest absolute Gasteiger partial charge is 0.337 e. The SMILES string of the molecule is O=C(NCC1CCCN1)NC1CCNCC1. The van der Waals surface area contributed by atoms with Crippen molar-refractivity contribution in [3.63, 3.8) is 0 Å². The van der Waals surface area contributed by atoms with Crippen molar-refractivity contribution in [2.75, 3.05) is 26.2 Å². The Morgan fingerprint density at radius 1 is 1.19 bits per heavy atom. The molecule has 2 heterocycles. The molecule has 1 unspecified atom stereocenters. The fraction of sp³-hybridized carbons (Fsp3) is 0.909. The third kappa shape index (κ3) is 3.64. The molecule has 0 aromatic carbocycles. The highest BCUT2D eigenvalue weighted by molar-refractivity contribution is 5.74. The van der Waals surface area contributed by atoms with E-state index < -0.39 is 0 Å². The van der Waals surface area contributed by atoms with Gasteiger partial charge in [-0.1, -0.05) is 0 Å². The van der Waals surface area contributed by atoms with E-state index in [4.69, 9.17) is 0 Å². The van der Waals surface area contributed by atoms with Crippen LogP contribution in [0.25, 0.3) is 0 Å². The summed E-state index contributed by atoms with van der Waals surface area (Å²) >= 11 is 0. The molecule has 1 atom stereocenters. The van der Waals surface area contributed by atoms with Crippen molar-refractivity contribution in [1.29, 1.82) is 0 Å². The van der Waals surface area contributed by atoms with Crippen molar-refractivity contribution >= 4 is 6.03 Å². The van der Waals surface area contributed by atoms with Crippen LogP contribution in [0.3, 0.4) is 0 Å². The maximum atomic E-state index is 11.6. The number of amides is 2. The lowest BCUT2D eigenvalue weighted by Gasteiger charge is -2.24. The maximum absolute atomic E-state index is 11.6. The first-order valence-corrected chi connectivity index (χ1v) is 6.33. The predicted molar refractivity (Wildman–Crippen MR) is 63.5 cm³/mol. The van der Waals surface area contributed by atoms with Gasteiger partial charge in [-0.2, -0.15) is 0 Å². The van der Waals surface area contributed by atoms with Crippen LogP contribution >= 0.6 is 0 Å². The third-order valence-corrected chi connectivity index (χ3v) is 3.35. The Labute approximate surface area is 96.7 Å². The summed E-state index contributed by atoms with van der Waals surface area (Å²) in [6.45, 7) is 3.85. The van der Waals surface area contributed by atoms with E-state index in [9.17, 15) is 4.79 Å². The molecule has 0 aliphatic carbocycles. The number of carbonyl (C=O) groups excluding carboxylic acids is 1. The van der Waals surface area contributed by atoms with Gasteiger partial charge in [0.15, 0.2) is 0 Å². The Kier molecular flexibility index (Phi) is 4.42. The fourth-order valence-corrected chi connectivity index (χ4v) is 2.35. The van der Waals surface area contributed by atoms with Gasteiger partial charge in [-0.25, -0.2) is 4.79 Å². The van der Waals surface area contributed by atoms with Crippen molar-refractivity contribution < 1.29 is 4.79 Å². The van der Waals surface area contributed by atoms with Gasteiger partial charge in [-0.15, -0.1) is 0 Å². The number of hydrogen-bond acceptors (Lipinski definition) is 3. The average Bonchev–Trinajstić information content (AvgIpc) is 2.81. The van der Waals surface area contributed by atoms with Crippen LogP contribution in [0.15, 0.2) is 0 Å². The number of hydrogen-bond donors (Lipinski definition) is 4. The molecule has 0 spiro atoms. The lowest BCUT2D eigenvalue weighted by Crippen LogP contribution is -2.48. The average molecular weight is 226 g/mol. The van der Waals surface area contributed by atoms with Crippen molar-refractivity contribution in [3.8, 4) is 0 Å². The van der Waals surface area contributed by atoms with Gasteiger partial charge in [0.1, 0.15) is 0 Å². The van der Waals surface area contributed by atoms with E-state index >= 15 is 0 Å². The second-order valence-electron chi connectivity index (χ2n) is 4.67. The molecule has 2 rings (SSSR count). The first-order valence-electron chi connectivity index (χ1n) is 6.33. The first kappa shape index (κ1) is 11.7. The summed E-state index contributed by atoms with van der Waals surface area (Å²) in [7, 11) is 0. The predicted octanol–water partition coefficient (Wildman–Crippen LogP) is -0.210. The molecule has 4 N–H and O–H groups in total. The smallest absolute Gasteiger partial charge is 0.315 e. The summed E-state index contributed by atoms with van der Waals surface area (Å²) in [5.41, 5.74) is 0. The second kappa shape index (κ2) is 6.06. The molecule has 16 heavy (non-hydrogen) atoms. The third-order valence-electron chi connectivity index (χ3n) is 3.35. The van der Waals surface area contributed by atoms with Gasteiger partial charge in [0.25, 0.3) is 0 Å². The number of rotatable bonds is 3. The van der Waals surface area contributed by atoms with E-state index in [1.165, 1.54) is 12.8 Å². The molecule has 5 nitrogen and oxygen atoms in total. The summed E-state index contributed by atoms with van der Waals surface area (Å²) in [4.78, 5) is 11.6. The molecule has 0 saturated carbocycles. The highest BCUT2D eigenvalue weighted by atomic mass is 16.2. The highest BCUT2D eigenvalue weighted by Crippen LogP contribution is 2.03. The van der Waals surface area contributed by atoms with E-state index in [-0.39, 0.29) is 6.03 Å². The van der Waals surface area contributed by atoms with Gasteiger partial charge in [0.2, 0.25) is 0 Å². The van der Waals surface area contributed by atoms with Crippen LogP contribution in [-0.2, 0) is 0 Å². The first-order chi connectivity index (χ1) is 7.84. The number of nitrogens with one attached hydrogen (secondary N) is 4. The van der Waals surface area contributed by atoms with E-state index in [1.54, 1.807) is 0 Å². The number of piperidine rings is 1. The van der Waals surface area contributed by atoms with Crippen LogP contribution in [0.2, 0.25) is 0 Å². The normalized spacial score (nSPS) is 26.6. The van der Waals surface area contributed by atoms with Crippen molar-refractivity contribution in [1.82, 2.24) is 21.3 Å². The van der Waals surface area contributed by atoms with E-state index in [0.29, 0.717) is 12.1 Å². The van der Waals surface area contributed by atoms with Gasteiger partial charge in [-0.3, -0.25) is 0 Å². The monoisotopic (exact) mass is 226 g/mol. The van der Waals surface area contributed by atoms with Crippen molar-refractivity contribution in [2.24, 2.45) is 0 Å². The molecular formula is C11H22N4O. The van der Waals surface area contributed by atoms with Crippen molar-refractivity contribution in [3.05, 3.63) is 0 Å². The quantitative estimate of drug-likeness (QED) is 0.538. The van der Waals surface area contributed by atoms with Gasteiger partial charge in [0.05, 0.1) is 0 Å². The molecule has 2 fully saturated rings. The Hall–Kier alpha value is -0.810. The second-order valence-corrected chi connectivity index (χ2v) is 4.67. The maximum Gasteiger partial charge on any atom is 0.315 e. The standard InChI is InChI=1S/C11H22N4O/c16-11(14-8-10-2-1-5-13-10)15-9-3-6-12-7-4-9/h9-10,12-13H,1-8H2,(H2,14,15,16). The zero-order valence-electron chi connectivity index (χ0n) is 9.72. The van der Waals surface area contributed by atoms with E-state index in [1.807, 2.05) is 0 Å². The zero-order chi connectivity index (χ0) is 11.2. The topological polar surface area (TPSA) is 65.2 Å². The van der Waals surface area contributed by atoms with Crippen LogP contribution in [0.5, 0.6) is 0 Å². The summed E-state index contributed by atoms with van der Waals surface area (Å²) in [6.07, 6.45) is 4.47. The van der Waals surface area contributed by atoms with Crippen LogP contribution < -0.4 is 21.3 Å². The van der Waals surface area contributed by atoms with Gasteiger partial charge in [0, 0.05) is 18.6 Å². The van der Waals surface area contributed by atoms with E-state index in [2.05, 4.69) is 21.3 Å². The Morgan fingerprint density at radius 3 is 2.69 bits per heavy atom. The summed E-state index contributed by atoms with van der Waals surface area (Å²) in [5, 5.41) is 12.6. The summed E-state index contributed by atoms with van der Waals surface area (Å²) in [5.74, 6) is 0. The molecule has 0 bridgehead atoms. The van der Waals surface area contributed by atoms with Crippen LogP contribution in [0.1, 0.15) is 25.7 Å². The molecule has 0 aromatic rings. The van der Waals surface area contributed by atoms with Crippen LogP contribution in [-0.4, -0.2) is 44.3 Å². The van der Waals surface area contributed by atoms with Gasteiger partial charge >= 0.3 is 6.03 Å². The van der Waals surface area contributed by atoms with Crippen LogP contribution in [0, 0.1) is 0 Å². The minimum Gasteiger partial charge on any atom is -0.337 e. The lowest BCUT2D eigenvalue weighted by atomic mass is 10.1. The molecule has 2 amide bonds. The molecule has 5 heteroatoms. The Morgan fingerprint density at radius 2 is 2.00 bits per heavy atom.